The number of esters is 1. The minimum atomic E-state index is -0.392. The van der Waals surface area contributed by atoms with Crippen LogP contribution in [0.3, 0.4) is 0 Å². The number of anilines is 1. The zero-order valence-corrected chi connectivity index (χ0v) is 17.0. The number of thiophene rings is 1. The molecule has 1 heterocycles. The number of methoxy groups -OCH3 is 1. The normalized spacial score (nSPS) is 16.2. The van der Waals surface area contributed by atoms with Gasteiger partial charge in [-0.3, -0.25) is 4.79 Å². The van der Waals surface area contributed by atoms with Crippen LogP contribution in [0, 0.1) is 5.92 Å². The average molecular weight is 404 g/mol. The summed E-state index contributed by atoms with van der Waals surface area (Å²) >= 11 is 7.45. The predicted octanol–water partition coefficient (Wildman–Crippen LogP) is 5.35. The summed E-state index contributed by atoms with van der Waals surface area (Å²) in [6.45, 7) is 2.19. The molecule has 2 aromatic rings. The Balaban J connectivity index is 1.82. The molecule has 1 N–H and O–H groups in total. The Morgan fingerprint density at radius 3 is 2.93 bits per heavy atom. The molecule has 1 aliphatic rings. The van der Waals surface area contributed by atoms with Crippen LogP contribution in [0.15, 0.2) is 30.3 Å². The summed E-state index contributed by atoms with van der Waals surface area (Å²) < 4.78 is 4.96. The molecule has 3 rings (SSSR count). The Morgan fingerprint density at radius 2 is 2.22 bits per heavy atom. The summed E-state index contributed by atoms with van der Waals surface area (Å²) in [4.78, 5) is 25.9. The molecule has 27 heavy (non-hydrogen) atoms. The highest BCUT2D eigenvalue weighted by Crippen LogP contribution is 2.40. The number of ether oxygens (including phenoxy) is 1. The molecule has 0 spiro atoms. The molecule has 0 fully saturated rings. The molecular weight excluding hydrogens is 382 g/mol. The first-order valence-corrected chi connectivity index (χ1v) is 10.2. The van der Waals surface area contributed by atoms with E-state index in [1.54, 1.807) is 18.2 Å². The van der Waals surface area contributed by atoms with E-state index in [0.29, 0.717) is 21.5 Å². The number of halogens is 1. The number of hydrogen-bond donors (Lipinski definition) is 1. The molecule has 0 aliphatic heterocycles. The molecule has 0 saturated carbocycles. The van der Waals surface area contributed by atoms with Gasteiger partial charge in [0.25, 0.3) is 0 Å². The number of carbonyl (C=O) groups excluding carboxylic acids is 2. The molecule has 1 amide bonds. The zero-order chi connectivity index (χ0) is 19.4. The van der Waals surface area contributed by atoms with E-state index in [1.807, 2.05) is 12.1 Å². The number of nitrogens with one attached hydrogen (secondary N) is 1. The fraction of sp³-hybridized carbons (Fsp3) is 0.333. The van der Waals surface area contributed by atoms with Gasteiger partial charge in [0.15, 0.2) is 0 Å². The Hall–Kier alpha value is -2.11. The third kappa shape index (κ3) is 4.60. The van der Waals surface area contributed by atoms with Gasteiger partial charge in [0.05, 0.1) is 12.7 Å². The lowest BCUT2D eigenvalue weighted by molar-refractivity contribution is -0.111. The van der Waals surface area contributed by atoms with Gasteiger partial charge in [-0.05, 0) is 54.5 Å². The summed E-state index contributed by atoms with van der Waals surface area (Å²) in [5.41, 5.74) is 2.38. The quantitative estimate of drug-likeness (QED) is 0.540. The molecule has 6 heteroatoms. The van der Waals surface area contributed by atoms with Crippen LogP contribution < -0.4 is 5.32 Å². The van der Waals surface area contributed by atoms with Gasteiger partial charge in [0, 0.05) is 16.0 Å². The molecule has 1 aliphatic carbocycles. The van der Waals surface area contributed by atoms with Crippen LogP contribution in [0.25, 0.3) is 6.08 Å². The van der Waals surface area contributed by atoms with E-state index in [1.165, 1.54) is 29.4 Å². The van der Waals surface area contributed by atoms with Crippen molar-refractivity contribution in [1.82, 2.24) is 0 Å². The summed E-state index contributed by atoms with van der Waals surface area (Å²) in [6.07, 6.45) is 7.12. The van der Waals surface area contributed by atoms with Gasteiger partial charge in [-0.25, -0.2) is 4.79 Å². The number of rotatable bonds is 5. The van der Waals surface area contributed by atoms with Crippen molar-refractivity contribution in [3.05, 3.63) is 56.9 Å². The van der Waals surface area contributed by atoms with Crippen molar-refractivity contribution in [2.45, 2.75) is 32.6 Å². The van der Waals surface area contributed by atoms with Gasteiger partial charge in [0.2, 0.25) is 5.91 Å². The highest BCUT2D eigenvalue weighted by Gasteiger charge is 2.29. The van der Waals surface area contributed by atoms with Crippen LogP contribution in [-0.2, 0) is 22.4 Å². The first-order chi connectivity index (χ1) is 13.0. The number of amides is 1. The van der Waals surface area contributed by atoms with Gasteiger partial charge in [-0.15, -0.1) is 11.3 Å². The van der Waals surface area contributed by atoms with E-state index in [9.17, 15) is 9.59 Å². The third-order valence-electron chi connectivity index (χ3n) is 4.85. The fourth-order valence-corrected chi connectivity index (χ4v) is 4.90. The largest absolute Gasteiger partial charge is 0.465 e. The highest BCUT2D eigenvalue weighted by molar-refractivity contribution is 7.17. The minimum absolute atomic E-state index is 0.286. The second-order valence-corrected chi connectivity index (χ2v) is 8.14. The SMILES string of the molecule is CCC1CCc2c(sc(NC(=O)C=Cc3cccc(Cl)c3)c2C(=O)OC)C1. The minimum Gasteiger partial charge on any atom is -0.465 e. The van der Waals surface area contributed by atoms with Crippen molar-refractivity contribution >= 4 is 45.9 Å². The van der Waals surface area contributed by atoms with Crippen molar-refractivity contribution in [3.8, 4) is 0 Å². The van der Waals surface area contributed by atoms with E-state index in [-0.39, 0.29) is 5.91 Å². The fourth-order valence-electron chi connectivity index (χ4n) is 3.34. The molecule has 0 bridgehead atoms. The van der Waals surface area contributed by atoms with Gasteiger partial charge in [0.1, 0.15) is 5.00 Å². The maximum absolute atomic E-state index is 12.4. The van der Waals surface area contributed by atoms with E-state index in [0.717, 1.165) is 36.8 Å². The van der Waals surface area contributed by atoms with E-state index in [2.05, 4.69) is 12.2 Å². The maximum atomic E-state index is 12.4. The van der Waals surface area contributed by atoms with Crippen LogP contribution in [-0.4, -0.2) is 19.0 Å². The molecular formula is C21H22ClNO3S. The third-order valence-corrected chi connectivity index (χ3v) is 6.25. The van der Waals surface area contributed by atoms with Gasteiger partial charge < -0.3 is 10.1 Å². The summed E-state index contributed by atoms with van der Waals surface area (Å²) in [7, 11) is 1.37. The number of hydrogen-bond acceptors (Lipinski definition) is 4. The standard InChI is InChI=1S/C21H22ClNO3S/c1-3-13-7-9-16-17(12-13)27-20(19(16)21(25)26-2)23-18(24)10-8-14-5-4-6-15(22)11-14/h4-6,8,10-11,13H,3,7,9,12H2,1-2H3,(H,23,24). The zero-order valence-electron chi connectivity index (χ0n) is 15.4. The number of benzene rings is 1. The first-order valence-electron chi connectivity index (χ1n) is 8.99. The lowest BCUT2D eigenvalue weighted by atomic mass is 9.86. The Kier molecular flexibility index (Phi) is 6.34. The van der Waals surface area contributed by atoms with Crippen LogP contribution >= 0.6 is 22.9 Å². The molecule has 1 aromatic heterocycles. The highest BCUT2D eigenvalue weighted by atomic mass is 35.5. The topological polar surface area (TPSA) is 55.4 Å². The first kappa shape index (κ1) is 19.6. The van der Waals surface area contributed by atoms with E-state index in [4.69, 9.17) is 16.3 Å². The summed E-state index contributed by atoms with van der Waals surface area (Å²) in [6, 6.07) is 7.25. The summed E-state index contributed by atoms with van der Waals surface area (Å²) in [5.74, 6) is -0.0461. The van der Waals surface area contributed by atoms with Crippen LogP contribution in [0.1, 0.15) is 46.1 Å². The molecule has 142 valence electrons. The average Bonchev–Trinajstić information content (AvgIpc) is 3.02. The molecule has 1 atom stereocenters. The number of fused-ring (bicyclic) bond motifs is 1. The van der Waals surface area contributed by atoms with Crippen molar-refractivity contribution in [2.75, 3.05) is 12.4 Å². The second kappa shape index (κ2) is 8.72. The lowest BCUT2D eigenvalue weighted by Crippen LogP contribution is -2.15. The molecule has 1 unspecified atom stereocenters. The monoisotopic (exact) mass is 403 g/mol. The van der Waals surface area contributed by atoms with Crippen LogP contribution in [0.5, 0.6) is 0 Å². The van der Waals surface area contributed by atoms with Crippen LogP contribution in [0.4, 0.5) is 5.00 Å². The molecule has 4 nitrogen and oxygen atoms in total. The van der Waals surface area contributed by atoms with Crippen molar-refractivity contribution in [3.63, 3.8) is 0 Å². The Morgan fingerprint density at radius 1 is 1.41 bits per heavy atom. The summed E-state index contributed by atoms with van der Waals surface area (Å²) in [5, 5.41) is 4.05. The second-order valence-electron chi connectivity index (χ2n) is 6.59. The van der Waals surface area contributed by atoms with E-state index < -0.39 is 5.97 Å². The van der Waals surface area contributed by atoms with Crippen LogP contribution in [0.2, 0.25) is 5.02 Å². The van der Waals surface area contributed by atoms with Gasteiger partial charge in [-0.2, -0.15) is 0 Å². The van der Waals surface area contributed by atoms with Gasteiger partial charge >= 0.3 is 5.97 Å². The molecule has 1 aromatic carbocycles. The smallest absolute Gasteiger partial charge is 0.341 e. The molecule has 0 radical (unpaired) electrons. The van der Waals surface area contributed by atoms with E-state index >= 15 is 0 Å². The van der Waals surface area contributed by atoms with Crippen molar-refractivity contribution < 1.29 is 14.3 Å². The maximum Gasteiger partial charge on any atom is 0.341 e. The van der Waals surface area contributed by atoms with Gasteiger partial charge in [-0.1, -0.05) is 37.1 Å². The Bertz CT molecular complexity index is 888. The lowest BCUT2D eigenvalue weighted by Gasteiger charge is -2.20. The number of carbonyl (C=O) groups is 2. The van der Waals surface area contributed by atoms with Crippen molar-refractivity contribution in [2.24, 2.45) is 5.92 Å². The molecule has 0 saturated heterocycles. The van der Waals surface area contributed by atoms with Crippen molar-refractivity contribution in [1.29, 1.82) is 0 Å². The Labute approximate surface area is 168 Å². The predicted molar refractivity (Wildman–Crippen MR) is 111 cm³/mol.